The molecule has 0 unspecified atom stereocenters. The highest BCUT2D eigenvalue weighted by Gasteiger charge is 2.08. The first-order chi connectivity index (χ1) is 10.2. The Morgan fingerprint density at radius 2 is 2.10 bits per heavy atom. The molecule has 0 aliphatic rings. The highest BCUT2D eigenvalue weighted by molar-refractivity contribution is 14.1. The Morgan fingerprint density at radius 3 is 2.90 bits per heavy atom. The molecule has 21 heavy (non-hydrogen) atoms. The van der Waals surface area contributed by atoms with Gasteiger partial charge in [-0.2, -0.15) is 0 Å². The predicted molar refractivity (Wildman–Crippen MR) is 93.6 cm³/mol. The van der Waals surface area contributed by atoms with Crippen molar-refractivity contribution in [3.05, 3.63) is 51.6 Å². The molecule has 4 nitrogen and oxygen atoms in total. The van der Waals surface area contributed by atoms with Gasteiger partial charge in [0.25, 0.3) is 0 Å². The number of nitrogens with two attached hydrogens (primary N) is 1. The molecular formula is C16H16IN3O. The fourth-order valence-corrected chi connectivity index (χ4v) is 2.90. The zero-order valence-corrected chi connectivity index (χ0v) is 13.9. The quantitative estimate of drug-likeness (QED) is 0.691. The number of benzene rings is 2. The van der Waals surface area contributed by atoms with Gasteiger partial charge in [0, 0.05) is 10.1 Å². The molecule has 1 heterocycles. The van der Waals surface area contributed by atoms with Crippen LogP contribution in [-0.2, 0) is 13.0 Å². The Bertz CT molecular complexity index is 782. The van der Waals surface area contributed by atoms with E-state index < -0.39 is 0 Å². The van der Waals surface area contributed by atoms with Gasteiger partial charge >= 0.3 is 0 Å². The van der Waals surface area contributed by atoms with E-state index in [1.807, 2.05) is 18.2 Å². The third-order valence-corrected chi connectivity index (χ3v) is 4.17. The van der Waals surface area contributed by atoms with Crippen LogP contribution in [-0.4, -0.2) is 16.7 Å². The van der Waals surface area contributed by atoms with Gasteiger partial charge < -0.3 is 15.0 Å². The number of nitrogen functional groups attached to an aromatic ring is 1. The molecule has 1 aromatic heterocycles. The van der Waals surface area contributed by atoms with Crippen LogP contribution in [0.4, 0.5) is 5.95 Å². The normalized spacial score (nSPS) is 11.0. The van der Waals surface area contributed by atoms with E-state index in [4.69, 9.17) is 10.5 Å². The molecule has 3 rings (SSSR count). The Labute approximate surface area is 137 Å². The third kappa shape index (κ3) is 2.97. The lowest BCUT2D eigenvalue weighted by Crippen LogP contribution is -2.05. The lowest BCUT2D eigenvalue weighted by atomic mass is 10.1. The first kappa shape index (κ1) is 14.2. The largest absolute Gasteiger partial charge is 0.497 e. The highest BCUT2D eigenvalue weighted by Crippen LogP contribution is 2.21. The molecule has 0 spiro atoms. The number of hydrogen-bond donors (Lipinski definition) is 1. The van der Waals surface area contributed by atoms with E-state index in [-0.39, 0.29) is 0 Å². The molecular weight excluding hydrogens is 377 g/mol. The first-order valence-electron chi connectivity index (χ1n) is 6.71. The van der Waals surface area contributed by atoms with Crippen LogP contribution in [0.5, 0.6) is 5.75 Å². The fourth-order valence-electron chi connectivity index (χ4n) is 2.43. The van der Waals surface area contributed by atoms with E-state index in [1.54, 1.807) is 7.11 Å². The summed E-state index contributed by atoms with van der Waals surface area (Å²) in [7, 11) is 1.68. The van der Waals surface area contributed by atoms with Crippen molar-refractivity contribution in [1.82, 2.24) is 9.55 Å². The summed E-state index contributed by atoms with van der Waals surface area (Å²) in [6.07, 6.45) is 0.888. The summed E-state index contributed by atoms with van der Waals surface area (Å²) >= 11 is 2.28. The van der Waals surface area contributed by atoms with Gasteiger partial charge in [0.1, 0.15) is 5.75 Å². The number of anilines is 1. The van der Waals surface area contributed by atoms with Crippen LogP contribution in [0.25, 0.3) is 11.0 Å². The number of aryl methyl sites for hydroxylation is 2. The summed E-state index contributed by atoms with van der Waals surface area (Å²) in [5.41, 5.74) is 9.30. The molecule has 0 saturated carbocycles. The maximum atomic E-state index is 6.05. The van der Waals surface area contributed by atoms with E-state index in [9.17, 15) is 0 Å². The zero-order chi connectivity index (χ0) is 14.8. The van der Waals surface area contributed by atoms with Gasteiger partial charge in [-0.15, -0.1) is 0 Å². The first-order valence-corrected chi connectivity index (χ1v) is 7.79. The van der Waals surface area contributed by atoms with Crippen LogP contribution in [0, 0.1) is 3.57 Å². The van der Waals surface area contributed by atoms with E-state index >= 15 is 0 Å². The van der Waals surface area contributed by atoms with Gasteiger partial charge in [0.05, 0.1) is 18.1 Å². The number of aromatic nitrogens is 2. The van der Waals surface area contributed by atoms with Crippen LogP contribution in [0.2, 0.25) is 0 Å². The average molecular weight is 393 g/mol. The number of halogens is 1. The van der Waals surface area contributed by atoms with E-state index in [0.29, 0.717) is 5.95 Å². The second kappa shape index (κ2) is 5.93. The maximum Gasteiger partial charge on any atom is 0.201 e. The molecule has 5 heteroatoms. The summed E-state index contributed by atoms with van der Waals surface area (Å²) in [5, 5.41) is 0. The SMILES string of the molecule is COc1cccc(CCn2c(N)nc3cc(I)ccc32)c1. The smallest absolute Gasteiger partial charge is 0.201 e. The second-order valence-corrected chi connectivity index (χ2v) is 6.10. The van der Waals surface area contributed by atoms with E-state index in [2.05, 4.69) is 56.4 Å². The van der Waals surface area contributed by atoms with Crippen molar-refractivity contribution >= 4 is 39.6 Å². The molecule has 0 aliphatic heterocycles. The molecule has 2 N–H and O–H groups in total. The van der Waals surface area contributed by atoms with Crippen LogP contribution < -0.4 is 10.5 Å². The molecule has 0 fully saturated rings. The maximum absolute atomic E-state index is 6.05. The van der Waals surface area contributed by atoms with Gasteiger partial charge in [0.2, 0.25) is 5.95 Å². The minimum atomic E-state index is 0.565. The molecule has 0 radical (unpaired) electrons. The molecule has 2 aromatic carbocycles. The lowest BCUT2D eigenvalue weighted by molar-refractivity contribution is 0.414. The number of methoxy groups -OCH3 is 1. The minimum absolute atomic E-state index is 0.565. The van der Waals surface area contributed by atoms with Gasteiger partial charge in [0.15, 0.2) is 0 Å². The molecule has 0 aliphatic carbocycles. The number of ether oxygens (including phenoxy) is 1. The van der Waals surface area contributed by atoms with Gasteiger partial charge in [-0.3, -0.25) is 0 Å². The van der Waals surface area contributed by atoms with Crippen LogP contribution >= 0.6 is 22.6 Å². The molecule has 0 atom stereocenters. The van der Waals surface area contributed by atoms with Crippen molar-refractivity contribution in [3.63, 3.8) is 0 Å². The molecule has 0 bridgehead atoms. The van der Waals surface area contributed by atoms with Crippen molar-refractivity contribution in [2.75, 3.05) is 12.8 Å². The van der Waals surface area contributed by atoms with Crippen molar-refractivity contribution in [2.45, 2.75) is 13.0 Å². The monoisotopic (exact) mass is 393 g/mol. The van der Waals surface area contributed by atoms with Crippen LogP contribution in [0.15, 0.2) is 42.5 Å². The number of fused-ring (bicyclic) bond motifs is 1. The molecule has 0 saturated heterocycles. The standard InChI is InChI=1S/C16H16IN3O/c1-21-13-4-2-3-11(9-13)7-8-20-15-6-5-12(17)10-14(15)19-16(20)18/h2-6,9-10H,7-8H2,1H3,(H2,18,19). The Hall–Kier alpha value is -1.76. The molecule has 3 aromatic rings. The summed E-state index contributed by atoms with van der Waals surface area (Å²) in [4.78, 5) is 4.43. The highest BCUT2D eigenvalue weighted by atomic mass is 127. The van der Waals surface area contributed by atoms with Crippen molar-refractivity contribution in [3.8, 4) is 5.75 Å². The van der Waals surface area contributed by atoms with Gasteiger partial charge in [-0.1, -0.05) is 12.1 Å². The predicted octanol–water partition coefficient (Wildman–Crippen LogP) is 3.47. The number of hydrogen-bond acceptors (Lipinski definition) is 3. The Kier molecular flexibility index (Phi) is 4.01. The lowest BCUT2D eigenvalue weighted by Gasteiger charge is -2.08. The number of imidazole rings is 1. The molecule has 0 amide bonds. The van der Waals surface area contributed by atoms with Gasteiger partial charge in [-0.25, -0.2) is 4.98 Å². The third-order valence-electron chi connectivity index (χ3n) is 3.50. The average Bonchev–Trinajstić information content (AvgIpc) is 2.80. The number of nitrogens with zero attached hydrogens (tertiary/aromatic N) is 2. The van der Waals surface area contributed by atoms with Crippen LogP contribution in [0.3, 0.4) is 0 Å². The van der Waals surface area contributed by atoms with Crippen LogP contribution in [0.1, 0.15) is 5.56 Å². The minimum Gasteiger partial charge on any atom is -0.497 e. The summed E-state index contributed by atoms with van der Waals surface area (Å²) < 4.78 is 8.48. The fraction of sp³-hybridized carbons (Fsp3) is 0.188. The number of rotatable bonds is 4. The summed E-state index contributed by atoms with van der Waals surface area (Å²) in [5.74, 6) is 1.44. The second-order valence-electron chi connectivity index (χ2n) is 4.86. The summed E-state index contributed by atoms with van der Waals surface area (Å²) in [6.45, 7) is 0.802. The van der Waals surface area contributed by atoms with E-state index in [0.717, 1.165) is 33.3 Å². The van der Waals surface area contributed by atoms with E-state index in [1.165, 1.54) is 5.56 Å². The zero-order valence-electron chi connectivity index (χ0n) is 11.7. The van der Waals surface area contributed by atoms with Gasteiger partial charge in [-0.05, 0) is 64.9 Å². The molecule has 108 valence electrons. The topological polar surface area (TPSA) is 53.1 Å². The van der Waals surface area contributed by atoms with Crippen molar-refractivity contribution in [2.24, 2.45) is 0 Å². The Balaban J connectivity index is 1.86. The van der Waals surface area contributed by atoms with Crippen molar-refractivity contribution < 1.29 is 4.74 Å². The van der Waals surface area contributed by atoms with Crippen molar-refractivity contribution in [1.29, 1.82) is 0 Å². The Morgan fingerprint density at radius 1 is 1.24 bits per heavy atom. The summed E-state index contributed by atoms with van der Waals surface area (Å²) in [6, 6.07) is 14.3.